The molecule has 0 aliphatic rings. The fourth-order valence-electron chi connectivity index (χ4n) is 2.68. The van der Waals surface area contributed by atoms with Gasteiger partial charge in [0.1, 0.15) is 13.2 Å². The predicted molar refractivity (Wildman–Crippen MR) is 108 cm³/mol. The molecule has 0 radical (unpaired) electrons. The Hall–Kier alpha value is -1.36. The second kappa shape index (κ2) is 15.7. The molecule has 0 amide bonds. The van der Waals surface area contributed by atoms with Crippen LogP contribution < -0.4 is 0 Å². The normalized spacial score (nSPS) is 13.0. The zero-order chi connectivity index (χ0) is 20.5. The lowest BCUT2D eigenvalue weighted by molar-refractivity contribution is -0.154. The monoisotopic (exact) mass is 384 g/mol. The molecule has 1 unspecified atom stereocenters. The number of hydrogen-bond donors (Lipinski definition) is 1. The molecule has 0 spiro atoms. The Balaban J connectivity index is 3.97. The molecule has 0 aromatic rings. The van der Waals surface area contributed by atoms with E-state index < -0.39 is 11.4 Å². The van der Waals surface area contributed by atoms with Gasteiger partial charge in [0.05, 0.1) is 12.0 Å². The molecule has 0 bridgehead atoms. The topological polar surface area (TPSA) is 72.8 Å². The van der Waals surface area contributed by atoms with Gasteiger partial charge in [0, 0.05) is 12.0 Å². The maximum atomic E-state index is 11.9. The summed E-state index contributed by atoms with van der Waals surface area (Å²) in [5.74, 6) is -0.752. The third-order valence-electron chi connectivity index (χ3n) is 4.97. The van der Waals surface area contributed by atoms with Crippen molar-refractivity contribution in [1.82, 2.24) is 0 Å². The van der Waals surface area contributed by atoms with E-state index in [1.165, 1.54) is 38.5 Å². The highest BCUT2D eigenvalue weighted by Crippen LogP contribution is 2.23. The molecule has 158 valence electrons. The van der Waals surface area contributed by atoms with Gasteiger partial charge in [-0.05, 0) is 19.8 Å². The first-order valence-corrected chi connectivity index (χ1v) is 10.5. The van der Waals surface area contributed by atoms with Crippen LogP contribution in [-0.2, 0) is 19.1 Å². The summed E-state index contributed by atoms with van der Waals surface area (Å²) in [5.41, 5.74) is -0.445. The van der Waals surface area contributed by atoms with Gasteiger partial charge in [-0.1, -0.05) is 71.8 Å². The lowest BCUT2D eigenvalue weighted by Gasteiger charge is -2.29. The van der Waals surface area contributed by atoms with Gasteiger partial charge in [0.2, 0.25) is 0 Å². The molecule has 0 rings (SSSR count). The van der Waals surface area contributed by atoms with Gasteiger partial charge in [0.25, 0.3) is 0 Å². The first-order valence-electron chi connectivity index (χ1n) is 10.5. The van der Waals surface area contributed by atoms with E-state index in [-0.39, 0.29) is 25.8 Å². The molecule has 0 heterocycles. The van der Waals surface area contributed by atoms with E-state index >= 15 is 0 Å². The summed E-state index contributed by atoms with van der Waals surface area (Å²) in [5, 5.41) is 9.69. The Morgan fingerprint density at radius 1 is 0.889 bits per heavy atom. The maximum absolute atomic E-state index is 11.9. The summed E-state index contributed by atoms with van der Waals surface area (Å²) in [7, 11) is 0. The van der Waals surface area contributed by atoms with Crippen LogP contribution >= 0.6 is 0 Å². The van der Waals surface area contributed by atoms with Crippen molar-refractivity contribution in [2.45, 2.75) is 91.4 Å². The largest absolute Gasteiger partial charge is 0.465 e. The lowest BCUT2D eigenvalue weighted by Crippen LogP contribution is -2.37. The van der Waals surface area contributed by atoms with Crippen LogP contribution in [0.5, 0.6) is 0 Å². The van der Waals surface area contributed by atoms with E-state index in [1.807, 2.05) is 6.92 Å². The van der Waals surface area contributed by atoms with Crippen LogP contribution in [0.25, 0.3) is 0 Å². The first-order chi connectivity index (χ1) is 12.9. The fraction of sp³-hybridized carbons (Fsp3) is 0.818. The summed E-state index contributed by atoms with van der Waals surface area (Å²) in [6, 6.07) is 0. The predicted octanol–water partition coefficient (Wildman–Crippen LogP) is 4.96. The summed E-state index contributed by atoms with van der Waals surface area (Å²) in [6.45, 7) is 9.05. The van der Waals surface area contributed by atoms with Gasteiger partial charge in [-0.15, -0.1) is 0 Å². The third-order valence-corrected chi connectivity index (χ3v) is 4.97. The van der Waals surface area contributed by atoms with Crippen molar-refractivity contribution in [3.63, 3.8) is 0 Å². The van der Waals surface area contributed by atoms with Gasteiger partial charge < -0.3 is 14.6 Å². The first kappa shape index (κ1) is 25.6. The average molecular weight is 385 g/mol. The Morgan fingerprint density at radius 2 is 1.41 bits per heavy atom. The zero-order valence-electron chi connectivity index (χ0n) is 17.7. The molecule has 5 nitrogen and oxygen atoms in total. The van der Waals surface area contributed by atoms with Crippen molar-refractivity contribution < 1.29 is 24.2 Å². The van der Waals surface area contributed by atoms with Crippen molar-refractivity contribution in [1.29, 1.82) is 0 Å². The van der Waals surface area contributed by atoms with Crippen LogP contribution in [0.1, 0.15) is 91.4 Å². The van der Waals surface area contributed by atoms with Crippen LogP contribution in [0.4, 0.5) is 0 Å². The van der Waals surface area contributed by atoms with Crippen molar-refractivity contribution >= 4 is 11.9 Å². The van der Waals surface area contributed by atoms with E-state index in [4.69, 9.17) is 9.47 Å². The van der Waals surface area contributed by atoms with Gasteiger partial charge in [-0.3, -0.25) is 4.79 Å². The van der Waals surface area contributed by atoms with Crippen molar-refractivity contribution in [2.24, 2.45) is 5.41 Å². The number of carbonyl (C=O) groups is 2. The molecule has 0 saturated heterocycles. The van der Waals surface area contributed by atoms with Crippen LogP contribution in [0.2, 0.25) is 0 Å². The molecule has 0 aromatic carbocycles. The smallest absolute Gasteiger partial charge is 0.333 e. The molecule has 0 aliphatic heterocycles. The molecule has 27 heavy (non-hydrogen) atoms. The maximum Gasteiger partial charge on any atom is 0.333 e. The molecular formula is C22H40O5. The zero-order valence-corrected chi connectivity index (χ0v) is 17.7. The lowest BCUT2D eigenvalue weighted by atomic mass is 9.88. The summed E-state index contributed by atoms with van der Waals surface area (Å²) in [4.78, 5) is 23.5. The Bertz CT molecular complexity index is 426. The van der Waals surface area contributed by atoms with E-state index in [2.05, 4.69) is 13.5 Å². The van der Waals surface area contributed by atoms with Crippen molar-refractivity contribution in [3.8, 4) is 0 Å². The van der Waals surface area contributed by atoms with Gasteiger partial charge in [0.15, 0.2) is 0 Å². The van der Waals surface area contributed by atoms with E-state index in [0.717, 1.165) is 19.3 Å². The summed E-state index contributed by atoms with van der Waals surface area (Å²) in [6.07, 6.45) is 11.7. The summed E-state index contributed by atoms with van der Waals surface area (Å²) >= 11 is 0. The molecule has 0 aliphatic carbocycles. The van der Waals surface area contributed by atoms with E-state index in [9.17, 15) is 14.7 Å². The number of rotatable bonds is 17. The number of unbranched alkanes of at least 4 members (excludes halogenated alkanes) is 8. The van der Waals surface area contributed by atoms with Crippen LogP contribution in [0.15, 0.2) is 12.2 Å². The second-order valence-corrected chi connectivity index (χ2v) is 7.61. The Labute approximate surface area is 165 Å². The van der Waals surface area contributed by atoms with Gasteiger partial charge in [-0.2, -0.15) is 0 Å². The molecule has 0 saturated carbocycles. The number of hydrogen-bond acceptors (Lipinski definition) is 5. The minimum atomic E-state index is -0.751. The van der Waals surface area contributed by atoms with E-state index in [0.29, 0.717) is 18.4 Å². The number of aliphatic hydroxyl groups excluding tert-OH is 1. The third kappa shape index (κ3) is 12.6. The highest BCUT2D eigenvalue weighted by Gasteiger charge is 2.31. The number of ether oxygens (including phenoxy) is 2. The number of esters is 2. The van der Waals surface area contributed by atoms with Crippen molar-refractivity contribution in [3.05, 3.63) is 12.2 Å². The molecular weight excluding hydrogens is 344 g/mol. The molecule has 0 aromatic heterocycles. The van der Waals surface area contributed by atoms with Crippen LogP contribution in [-0.4, -0.2) is 36.9 Å². The highest BCUT2D eigenvalue weighted by atomic mass is 16.5. The average Bonchev–Trinajstić information content (AvgIpc) is 2.67. The fourth-order valence-corrected chi connectivity index (χ4v) is 2.68. The second-order valence-electron chi connectivity index (χ2n) is 7.61. The molecule has 1 N–H and O–H groups in total. The highest BCUT2D eigenvalue weighted by molar-refractivity contribution is 5.86. The van der Waals surface area contributed by atoms with Gasteiger partial charge >= 0.3 is 11.9 Å². The molecule has 1 atom stereocenters. The van der Waals surface area contributed by atoms with E-state index in [1.54, 1.807) is 6.92 Å². The van der Waals surface area contributed by atoms with Gasteiger partial charge in [-0.25, -0.2) is 4.79 Å². The minimum Gasteiger partial charge on any atom is -0.465 e. The number of aliphatic hydroxyl groups is 1. The minimum absolute atomic E-state index is 0.0109. The molecule has 5 heteroatoms. The Morgan fingerprint density at radius 3 is 1.89 bits per heavy atom. The standard InChI is InChI=1S/C22H40O5/c1-5-7-8-9-10-11-12-13-14-15-20(24)26-17-22(6-2,16-23)18-27-21(25)19(3)4/h23H,3,5-18H2,1-2,4H3. The Kier molecular flexibility index (Phi) is 14.9. The van der Waals surface area contributed by atoms with Crippen LogP contribution in [0.3, 0.4) is 0 Å². The summed E-state index contributed by atoms with van der Waals surface area (Å²) < 4.78 is 10.5. The molecule has 0 fully saturated rings. The SMILES string of the molecule is C=C(C)C(=O)OCC(CC)(CO)COC(=O)CCCCCCCCCCC. The quantitative estimate of drug-likeness (QED) is 0.218. The van der Waals surface area contributed by atoms with Crippen LogP contribution in [0, 0.1) is 5.41 Å². The number of carbonyl (C=O) groups excluding carboxylic acids is 2. The van der Waals surface area contributed by atoms with Crippen molar-refractivity contribution in [2.75, 3.05) is 19.8 Å².